The second-order valence-corrected chi connectivity index (χ2v) is 15.0. The molecule has 0 spiro atoms. The van der Waals surface area contributed by atoms with E-state index in [4.69, 9.17) is 9.98 Å². The first kappa shape index (κ1) is 35.0. The molecule has 0 aromatic heterocycles. The van der Waals surface area contributed by atoms with Crippen molar-refractivity contribution in [2.75, 3.05) is 0 Å². The monoisotopic (exact) mass is 721 g/mol. The van der Waals surface area contributed by atoms with Gasteiger partial charge in [-0.25, -0.2) is 4.99 Å². The van der Waals surface area contributed by atoms with E-state index >= 15 is 0 Å². The average Bonchev–Trinajstić information content (AvgIpc) is 3.26. The molecule has 3 heteroatoms. The Morgan fingerprint density at radius 2 is 1.20 bits per heavy atom. The van der Waals surface area contributed by atoms with Crippen LogP contribution in [0.1, 0.15) is 59.2 Å². The lowest BCUT2D eigenvalue weighted by Crippen LogP contribution is -2.18. The number of rotatable bonds is 7. The van der Waals surface area contributed by atoms with E-state index in [9.17, 15) is 5.41 Å². The van der Waals surface area contributed by atoms with E-state index in [1.165, 1.54) is 33.2 Å². The molecule has 0 aliphatic carbocycles. The first-order chi connectivity index (χ1) is 27.5. The zero-order valence-corrected chi connectivity index (χ0v) is 31.8. The Morgan fingerprint density at radius 3 is 1.98 bits per heavy atom. The lowest BCUT2D eigenvalue weighted by atomic mass is 9.86. The summed E-state index contributed by atoms with van der Waals surface area (Å²) in [5.74, 6) is 0.955. The molecule has 8 aromatic carbocycles. The fraction of sp³-hybridized carbons (Fsp3) is 0.113. The second-order valence-electron chi connectivity index (χ2n) is 15.0. The van der Waals surface area contributed by atoms with Crippen LogP contribution in [0, 0.1) is 18.3 Å². The summed E-state index contributed by atoms with van der Waals surface area (Å²) in [6.07, 6.45) is 1.77. The zero-order chi connectivity index (χ0) is 38.0. The van der Waals surface area contributed by atoms with Gasteiger partial charge in [0, 0.05) is 22.3 Å². The van der Waals surface area contributed by atoms with Gasteiger partial charge in [-0.1, -0.05) is 183 Å². The number of aliphatic imine (C=N–C) groups is 2. The number of fused-ring (bicyclic) bond motifs is 3. The third-order valence-electron chi connectivity index (χ3n) is 11.3. The molecule has 0 saturated carbocycles. The van der Waals surface area contributed by atoms with E-state index in [2.05, 4.69) is 196 Å². The Balaban J connectivity index is 1.19. The summed E-state index contributed by atoms with van der Waals surface area (Å²) in [7, 11) is 0. The number of benzene rings is 8. The summed E-state index contributed by atoms with van der Waals surface area (Å²) in [6, 6.07) is 64.0. The van der Waals surface area contributed by atoms with E-state index in [0.717, 1.165) is 62.5 Å². The van der Waals surface area contributed by atoms with Crippen LogP contribution in [-0.2, 0) is 0 Å². The third-order valence-corrected chi connectivity index (χ3v) is 11.3. The molecule has 8 aromatic rings. The molecule has 0 fully saturated rings. The molecule has 0 amide bonds. The third kappa shape index (κ3) is 6.78. The predicted octanol–water partition coefficient (Wildman–Crippen LogP) is 13.5. The largest absolute Gasteiger partial charge is 0.300 e. The number of nitrogens with one attached hydrogen (secondary N) is 1. The Kier molecular flexibility index (Phi) is 9.51. The molecular weight excluding hydrogens is 679 g/mol. The maximum Gasteiger partial charge on any atom is 0.155 e. The van der Waals surface area contributed by atoms with Gasteiger partial charge < -0.3 is 0 Å². The average molecular weight is 722 g/mol. The van der Waals surface area contributed by atoms with Crippen LogP contribution in [0.5, 0.6) is 0 Å². The molecule has 56 heavy (non-hydrogen) atoms. The van der Waals surface area contributed by atoms with Gasteiger partial charge in [0.1, 0.15) is 0 Å². The molecule has 1 aliphatic heterocycles. The minimum Gasteiger partial charge on any atom is -0.300 e. The van der Waals surface area contributed by atoms with Crippen LogP contribution >= 0.6 is 0 Å². The molecule has 0 radical (unpaired) electrons. The van der Waals surface area contributed by atoms with Gasteiger partial charge >= 0.3 is 0 Å². The summed E-state index contributed by atoms with van der Waals surface area (Å²) in [5.41, 5.74) is 12.4. The highest BCUT2D eigenvalue weighted by Crippen LogP contribution is 2.36. The van der Waals surface area contributed by atoms with Crippen molar-refractivity contribution in [2.24, 2.45) is 15.9 Å². The molecule has 9 rings (SSSR count). The number of aryl methyl sites for hydroxylation is 1. The topological polar surface area (TPSA) is 48.6 Å². The van der Waals surface area contributed by atoms with Crippen molar-refractivity contribution >= 4 is 38.8 Å². The maximum atomic E-state index is 9.78. The van der Waals surface area contributed by atoms with E-state index in [-0.39, 0.29) is 12.0 Å². The van der Waals surface area contributed by atoms with Gasteiger partial charge in [-0.2, -0.15) is 0 Å². The van der Waals surface area contributed by atoms with E-state index in [1.54, 1.807) is 0 Å². The van der Waals surface area contributed by atoms with Gasteiger partial charge in [-0.05, 0) is 86.7 Å². The smallest absolute Gasteiger partial charge is 0.155 e. The van der Waals surface area contributed by atoms with Crippen molar-refractivity contribution in [3.63, 3.8) is 0 Å². The van der Waals surface area contributed by atoms with Crippen LogP contribution in [0.3, 0.4) is 0 Å². The quantitative estimate of drug-likeness (QED) is 0.126. The van der Waals surface area contributed by atoms with Gasteiger partial charge in [0.15, 0.2) is 5.84 Å². The molecule has 2 atom stereocenters. The van der Waals surface area contributed by atoms with E-state index < -0.39 is 0 Å². The van der Waals surface area contributed by atoms with E-state index in [0.29, 0.717) is 11.5 Å². The number of amidine groups is 1. The van der Waals surface area contributed by atoms with Gasteiger partial charge in [-0.3, -0.25) is 10.4 Å². The van der Waals surface area contributed by atoms with Crippen molar-refractivity contribution in [3.8, 4) is 22.3 Å². The number of hydrogen-bond donors (Lipinski definition) is 1. The SMILES string of the molecule is Cc1ccc2ccc3ccccc3c2c1C(=N)c1cccc(C2=N/C(c3ccc(-c4ccccc4)cc3)C(C)CC/C(c3ccccc3-c3ccccc3)=N\2)c1. The zero-order valence-electron chi connectivity index (χ0n) is 31.8. The van der Waals surface area contributed by atoms with Crippen molar-refractivity contribution in [1.29, 1.82) is 5.41 Å². The molecule has 3 nitrogen and oxygen atoms in total. The molecule has 2 unspecified atom stereocenters. The van der Waals surface area contributed by atoms with Crippen LogP contribution in [0.15, 0.2) is 192 Å². The van der Waals surface area contributed by atoms with Gasteiger partial charge in [0.05, 0.1) is 17.5 Å². The summed E-state index contributed by atoms with van der Waals surface area (Å²) < 4.78 is 0. The molecule has 0 bridgehead atoms. The van der Waals surface area contributed by atoms with Gasteiger partial charge in [-0.15, -0.1) is 0 Å². The molecule has 1 N–H and O–H groups in total. The predicted molar refractivity (Wildman–Crippen MR) is 237 cm³/mol. The normalized spacial score (nSPS) is 17.7. The number of nitrogens with zero attached hydrogens (tertiary/aromatic N) is 2. The lowest BCUT2D eigenvalue weighted by molar-refractivity contribution is 0.446. The minimum atomic E-state index is -0.0840. The first-order valence-electron chi connectivity index (χ1n) is 19.6. The Hall–Kier alpha value is -6.71. The van der Waals surface area contributed by atoms with Crippen molar-refractivity contribution < 1.29 is 0 Å². The van der Waals surface area contributed by atoms with Crippen molar-refractivity contribution in [2.45, 2.75) is 32.7 Å². The fourth-order valence-electron chi connectivity index (χ4n) is 8.32. The highest BCUT2D eigenvalue weighted by Gasteiger charge is 2.25. The number of hydrogen-bond acceptors (Lipinski definition) is 3. The summed E-state index contributed by atoms with van der Waals surface area (Å²) in [4.78, 5) is 11.1. The highest BCUT2D eigenvalue weighted by molar-refractivity contribution is 6.25. The second kappa shape index (κ2) is 15.2. The van der Waals surface area contributed by atoms with Gasteiger partial charge in [0.2, 0.25) is 0 Å². The Labute approximate surface area is 329 Å². The van der Waals surface area contributed by atoms with Crippen LogP contribution in [0.2, 0.25) is 0 Å². The molecule has 1 aliphatic rings. The molecule has 1 heterocycles. The van der Waals surface area contributed by atoms with Crippen LogP contribution in [-0.4, -0.2) is 17.3 Å². The standard InChI is InChI=1S/C53H43N3/c1-35-24-26-41-30-29-40-18-9-10-22-46(40)50(41)49(35)51(54)43-19-13-20-44(34-43)53-55-48(47-23-12-11-21-45(47)39-16-7-4-8-17-39)33-25-36(2)52(56-53)42-31-27-38(28-32-42)37-14-5-3-6-15-37/h3-24,26-32,34,36,52,54H,25,33H2,1-2H3/b54-51?,55-48+,56-53-. The van der Waals surface area contributed by atoms with E-state index in [1.807, 2.05) is 0 Å². The summed E-state index contributed by atoms with van der Waals surface area (Å²) >= 11 is 0. The van der Waals surface area contributed by atoms with Crippen molar-refractivity contribution in [1.82, 2.24) is 0 Å². The fourth-order valence-corrected chi connectivity index (χ4v) is 8.32. The molecule has 0 saturated heterocycles. The van der Waals surface area contributed by atoms with Crippen LogP contribution in [0.4, 0.5) is 0 Å². The molecular formula is C53H43N3. The lowest BCUT2D eigenvalue weighted by Gasteiger charge is -2.25. The summed E-state index contributed by atoms with van der Waals surface area (Å²) in [6.45, 7) is 4.44. The summed E-state index contributed by atoms with van der Waals surface area (Å²) in [5, 5.41) is 14.4. The Bertz CT molecular complexity index is 2780. The van der Waals surface area contributed by atoms with Crippen LogP contribution < -0.4 is 0 Å². The van der Waals surface area contributed by atoms with Crippen LogP contribution in [0.25, 0.3) is 43.8 Å². The highest BCUT2D eigenvalue weighted by atomic mass is 15.0. The van der Waals surface area contributed by atoms with Gasteiger partial charge in [0.25, 0.3) is 0 Å². The first-order valence-corrected chi connectivity index (χ1v) is 19.6. The maximum absolute atomic E-state index is 9.78. The Morgan fingerprint density at radius 1 is 0.571 bits per heavy atom. The minimum absolute atomic E-state index is 0.0840. The molecule has 270 valence electrons. The van der Waals surface area contributed by atoms with Crippen molar-refractivity contribution in [3.05, 3.63) is 215 Å².